The Morgan fingerprint density at radius 1 is 1.63 bits per heavy atom. The van der Waals surface area contributed by atoms with Gasteiger partial charge in [0.25, 0.3) is 0 Å². The number of thiocarbonyl (C=S) groups is 1. The van der Waals surface area contributed by atoms with E-state index >= 15 is 0 Å². The zero-order valence-electron chi connectivity index (χ0n) is 10.7. The molecule has 0 bridgehead atoms. The van der Waals surface area contributed by atoms with Crippen LogP contribution in [0.5, 0.6) is 0 Å². The molecular weight excluding hydrogens is 290 g/mol. The minimum Gasteiger partial charge on any atom is -0.461 e. The topological polar surface area (TPSA) is 65.1 Å². The second-order valence-electron chi connectivity index (χ2n) is 4.67. The normalized spacial score (nSPS) is 26.0. The Labute approximate surface area is 120 Å². The Bertz CT molecular complexity index is 396. The van der Waals surface area contributed by atoms with E-state index in [4.69, 9.17) is 26.4 Å². The van der Waals surface area contributed by atoms with Crippen molar-refractivity contribution in [3.05, 3.63) is 0 Å². The van der Waals surface area contributed by atoms with E-state index in [1.807, 2.05) is 0 Å². The summed E-state index contributed by atoms with van der Waals surface area (Å²) >= 11 is 6.23. The Kier molecular flexibility index (Phi) is 4.44. The number of carbonyl (C=O) groups excluding carboxylic acids is 2. The van der Waals surface area contributed by atoms with Crippen molar-refractivity contribution in [2.45, 2.75) is 25.7 Å². The molecule has 1 unspecified atom stereocenters. The summed E-state index contributed by atoms with van der Waals surface area (Å²) in [5, 5.41) is 0. The highest BCUT2D eigenvalue weighted by atomic mass is 32.2. The van der Waals surface area contributed by atoms with Crippen LogP contribution in [-0.2, 0) is 23.8 Å². The zero-order valence-corrected chi connectivity index (χ0v) is 12.3. The Morgan fingerprint density at radius 2 is 2.37 bits per heavy atom. The lowest BCUT2D eigenvalue weighted by atomic mass is 10.4. The number of esters is 1. The second-order valence-corrected chi connectivity index (χ2v) is 6.28. The standard InChI is InChI=1S/C11H15NO5S2/c1-11(2)16-5-7(17-11)4-15-9(14)3-12-8(13)6-19-10(12)18/h7H,3-6H2,1-2H3. The summed E-state index contributed by atoms with van der Waals surface area (Å²) in [6.45, 7) is 3.96. The van der Waals surface area contributed by atoms with E-state index in [2.05, 4.69) is 0 Å². The summed E-state index contributed by atoms with van der Waals surface area (Å²) < 4.78 is 16.3. The molecule has 0 aromatic heterocycles. The largest absolute Gasteiger partial charge is 0.461 e. The molecule has 2 aliphatic rings. The van der Waals surface area contributed by atoms with Crippen molar-refractivity contribution in [1.82, 2.24) is 4.90 Å². The molecule has 0 aromatic rings. The maximum Gasteiger partial charge on any atom is 0.326 e. The van der Waals surface area contributed by atoms with E-state index in [0.29, 0.717) is 16.7 Å². The van der Waals surface area contributed by atoms with E-state index in [1.165, 1.54) is 16.7 Å². The first-order valence-corrected chi connectivity index (χ1v) is 7.21. The monoisotopic (exact) mass is 305 g/mol. The van der Waals surface area contributed by atoms with Crippen LogP contribution in [0.3, 0.4) is 0 Å². The van der Waals surface area contributed by atoms with Gasteiger partial charge < -0.3 is 14.2 Å². The first kappa shape index (κ1) is 14.7. The summed E-state index contributed by atoms with van der Waals surface area (Å²) in [6, 6.07) is 0. The van der Waals surface area contributed by atoms with Crippen molar-refractivity contribution in [3.8, 4) is 0 Å². The minimum atomic E-state index is -0.639. The molecule has 2 rings (SSSR count). The molecule has 0 radical (unpaired) electrons. The highest BCUT2D eigenvalue weighted by molar-refractivity contribution is 8.23. The van der Waals surface area contributed by atoms with Gasteiger partial charge in [0.2, 0.25) is 5.91 Å². The average Bonchev–Trinajstić information content (AvgIpc) is 2.83. The quantitative estimate of drug-likeness (QED) is 0.555. The molecule has 8 heteroatoms. The molecule has 6 nitrogen and oxygen atoms in total. The lowest BCUT2D eigenvalue weighted by Gasteiger charge is -2.18. The van der Waals surface area contributed by atoms with Crippen LogP contribution in [0.1, 0.15) is 13.8 Å². The van der Waals surface area contributed by atoms with Crippen LogP contribution in [0.25, 0.3) is 0 Å². The van der Waals surface area contributed by atoms with Gasteiger partial charge in [-0.2, -0.15) is 0 Å². The van der Waals surface area contributed by atoms with Crippen molar-refractivity contribution in [2.24, 2.45) is 0 Å². The predicted molar refractivity (Wildman–Crippen MR) is 72.6 cm³/mol. The Hall–Kier alpha value is -0.700. The third kappa shape index (κ3) is 3.88. The summed E-state index contributed by atoms with van der Waals surface area (Å²) in [4.78, 5) is 24.3. The van der Waals surface area contributed by atoms with Gasteiger partial charge in [-0.3, -0.25) is 14.5 Å². The maximum absolute atomic E-state index is 11.6. The Morgan fingerprint density at radius 3 is 2.89 bits per heavy atom. The lowest BCUT2D eigenvalue weighted by Crippen LogP contribution is -2.36. The molecule has 106 valence electrons. The average molecular weight is 305 g/mol. The van der Waals surface area contributed by atoms with Crippen LogP contribution in [0.2, 0.25) is 0 Å². The molecule has 0 saturated carbocycles. The fourth-order valence-corrected chi connectivity index (χ4v) is 2.81. The fraction of sp³-hybridized carbons (Fsp3) is 0.727. The number of amides is 1. The third-order valence-electron chi connectivity index (χ3n) is 2.63. The van der Waals surface area contributed by atoms with Crippen molar-refractivity contribution in [2.75, 3.05) is 25.5 Å². The molecule has 0 aliphatic carbocycles. The summed E-state index contributed by atoms with van der Waals surface area (Å²) in [6.07, 6.45) is -0.269. The highest BCUT2D eigenvalue weighted by Crippen LogP contribution is 2.22. The number of carbonyl (C=O) groups is 2. The number of nitrogens with zero attached hydrogens (tertiary/aromatic N) is 1. The van der Waals surface area contributed by atoms with Crippen LogP contribution >= 0.6 is 24.0 Å². The highest BCUT2D eigenvalue weighted by Gasteiger charge is 2.34. The molecule has 0 N–H and O–H groups in total. The number of thioether (sulfide) groups is 1. The first-order chi connectivity index (χ1) is 8.87. The minimum absolute atomic E-state index is 0.115. The van der Waals surface area contributed by atoms with Gasteiger partial charge in [0.1, 0.15) is 23.6 Å². The lowest BCUT2D eigenvalue weighted by molar-refractivity contribution is -0.159. The SMILES string of the molecule is CC1(C)OCC(COC(=O)CN2C(=O)CSC2=S)O1. The maximum atomic E-state index is 11.6. The van der Waals surface area contributed by atoms with Crippen molar-refractivity contribution < 1.29 is 23.8 Å². The molecule has 1 atom stereocenters. The molecule has 2 aliphatic heterocycles. The predicted octanol–water partition coefficient (Wildman–Crippen LogP) is 0.541. The van der Waals surface area contributed by atoms with Gasteiger partial charge in [-0.05, 0) is 13.8 Å². The van der Waals surface area contributed by atoms with Crippen LogP contribution in [0, 0.1) is 0 Å². The number of hydrogen-bond acceptors (Lipinski definition) is 7. The summed E-state index contributed by atoms with van der Waals surface area (Å²) in [7, 11) is 0. The molecule has 2 heterocycles. The molecular formula is C11H15NO5S2. The zero-order chi connectivity index (χ0) is 14.0. The molecule has 1 amide bonds. The summed E-state index contributed by atoms with van der Waals surface area (Å²) in [5.74, 6) is -1.000. The van der Waals surface area contributed by atoms with E-state index in [9.17, 15) is 9.59 Å². The molecule has 2 fully saturated rings. The van der Waals surface area contributed by atoms with Gasteiger partial charge in [-0.15, -0.1) is 0 Å². The molecule has 2 saturated heterocycles. The van der Waals surface area contributed by atoms with Gasteiger partial charge in [0.05, 0.1) is 12.4 Å². The van der Waals surface area contributed by atoms with E-state index < -0.39 is 11.8 Å². The number of rotatable bonds is 4. The van der Waals surface area contributed by atoms with E-state index in [1.54, 1.807) is 13.8 Å². The third-order valence-corrected chi connectivity index (χ3v) is 4.06. The molecule has 0 aromatic carbocycles. The van der Waals surface area contributed by atoms with Gasteiger partial charge >= 0.3 is 5.97 Å². The van der Waals surface area contributed by atoms with Gasteiger partial charge in [0, 0.05) is 0 Å². The van der Waals surface area contributed by atoms with E-state index in [0.717, 1.165) is 0 Å². The van der Waals surface area contributed by atoms with E-state index in [-0.39, 0.29) is 25.2 Å². The number of ether oxygens (including phenoxy) is 3. The van der Waals surface area contributed by atoms with Gasteiger partial charge in [-0.1, -0.05) is 24.0 Å². The fourth-order valence-electron chi connectivity index (χ4n) is 1.74. The van der Waals surface area contributed by atoms with Crippen LogP contribution in [0.4, 0.5) is 0 Å². The smallest absolute Gasteiger partial charge is 0.326 e. The van der Waals surface area contributed by atoms with Crippen LogP contribution < -0.4 is 0 Å². The molecule has 19 heavy (non-hydrogen) atoms. The van der Waals surface area contributed by atoms with Gasteiger partial charge in [-0.25, -0.2) is 0 Å². The number of hydrogen-bond donors (Lipinski definition) is 0. The van der Waals surface area contributed by atoms with Crippen LogP contribution in [-0.4, -0.2) is 58.5 Å². The summed E-state index contributed by atoms with van der Waals surface area (Å²) in [5.41, 5.74) is 0. The van der Waals surface area contributed by atoms with Crippen molar-refractivity contribution in [3.63, 3.8) is 0 Å². The van der Waals surface area contributed by atoms with Crippen molar-refractivity contribution >= 4 is 40.2 Å². The Balaban J connectivity index is 1.73. The first-order valence-electron chi connectivity index (χ1n) is 5.82. The van der Waals surface area contributed by atoms with Crippen molar-refractivity contribution in [1.29, 1.82) is 0 Å². The second kappa shape index (κ2) is 5.74. The van der Waals surface area contributed by atoms with Gasteiger partial charge in [0.15, 0.2) is 5.79 Å². The van der Waals surface area contributed by atoms with Crippen LogP contribution in [0.15, 0.2) is 0 Å². The molecule has 0 spiro atoms.